The highest BCUT2D eigenvalue weighted by Gasteiger charge is 2.12. The quantitative estimate of drug-likeness (QED) is 0.423. The molecule has 1 aromatic heterocycles. The highest BCUT2D eigenvalue weighted by molar-refractivity contribution is 6.12. The van der Waals surface area contributed by atoms with Crippen molar-refractivity contribution in [1.82, 2.24) is 10.3 Å². The Hall–Kier alpha value is -4.18. The number of anilines is 1. The van der Waals surface area contributed by atoms with E-state index in [0.29, 0.717) is 24.5 Å². The lowest BCUT2D eigenvalue weighted by Gasteiger charge is -2.15. The van der Waals surface area contributed by atoms with Crippen molar-refractivity contribution in [2.75, 3.05) is 5.73 Å². The lowest BCUT2D eigenvalue weighted by atomic mass is 9.96. The van der Waals surface area contributed by atoms with Crippen LogP contribution in [0, 0.1) is 25.2 Å². The number of nitriles is 1. The van der Waals surface area contributed by atoms with E-state index < -0.39 is 0 Å². The predicted molar refractivity (Wildman–Crippen MR) is 123 cm³/mol. The molecule has 3 aromatic rings. The van der Waals surface area contributed by atoms with E-state index in [1.54, 1.807) is 24.4 Å². The smallest absolute Gasteiger partial charge is 0.254 e. The van der Waals surface area contributed by atoms with Gasteiger partial charge in [0.1, 0.15) is 5.82 Å². The molecule has 5 N–H and O–H groups in total. The summed E-state index contributed by atoms with van der Waals surface area (Å²) in [5, 5.41) is 13.8. The first-order chi connectivity index (χ1) is 14.9. The second kappa shape index (κ2) is 9.55. The van der Waals surface area contributed by atoms with E-state index in [0.717, 1.165) is 33.0 Å². The molecule has 0 aliphatic heterocycles. The van der Waals surface area contributed by atoms with E-state index in [-0.39, 0.29) is 11.5 Å². The van der Waals surface area contributed by atoms with Crippen molar-refractivity contribution in [3.05, 3.63) is 82.2 Å². The number of carbonyl (C=O) groups excluding carboxylic acids is 1. The van der Waals surface area contributed by atoms with Crippen molar-refractivity contribution in [3.8, 4) is 6.07 Å². The second-order valence-electron chi connectivity index (χ2n) is 7.17. The van der Waals surface area contributed by atoms with Gasteiger partial charge in [0.15, 0.2) is 0 Å². The predicted octanol–water partition coefficient (Wildman–Crippen LogP) is 3.04. The number of fused-ring (bicyclic) bond motifs is 1. The van der Waals surface area contributed by atoms with Gasteiger partial charge in [0, 0.05) is 30.5 Å². The number of nitrogen functional groups attached to an aromatic ring is 1. The fraction of sp³-hybridized carbons (Fsp3) is 0.167. The number of carbonyl (C=O) groups is 1. The molecule has 0 spiro atoms. The Morgan fingerprint density at radius 3 is 2.81 bits per heavy atom. The van der Waals surface area contributed by atoms with Gasteiger partial charge in [-0.1, -0.05) is 12.1 Å². The van der Waals surface area contributed by atoms with Gasteiger partial charge in [-0.25, -0.2) is 4.98 Å². The molecule has 0 fully saturated rings. The van der Waals surface area contributed by atoms with Gasteiger partial charge in [-0.15, -0.1) is 0 Å². The third kappa shape index (κ3) is 4.87. The number of nitrogens with zero attached hydrogens (tertiary/aromatic N) is 3. The van der Waals surface area contributed by atoms with Crippen LogP contribution in [0.2, 0.25) is 0 Å². The summed E-state index contributed by atoms with van der Waals surface area (Å²) in [6.45, 7) is 4.69. The Kier molecular flexibility index (Phi) is 6.63. The summed E-state index contributed by atoms with van der Waals surface area (Å²) in [7, 11) is 0. The third-order valence-electron chi connectivity index (χ3n) is 5.14. The highest BCUT2D eigenvalue weighted by atomic mass is 16.1. The first-order valence-electron chi connectivity index (χ1n) is 9.76. The zero-order chi connectivity index (χ0) is 22.4. The molecule has 31 heavy (non-hydrogen) atoms. The SMILES string of the molecule is Cc1cc2c(N)nccc2c(C)c1CNC(=O)/C(C=NCc1cccc(C#N)c1)=C/N. The van der Waals surface area contributed by atoms with Crippen LogP contribution in [0.15, 0.2) is 59.4 Å². The van der Waals surface area contributed by atoms with Gasteiger partial charge in [-0.3, -0.25) is 9.79 Å². The zero-order valence-corrected chi connectivity index (χ0v) is 17.5. The normalized spacial score (nSPS) is 11.6. The number of nitrogens with one attached hydrogen (secondary N) is 1. The highest BCUT2D eigenvalue weighted by Crippen LogP contribution is 2.27. The van der Waals surface area contributed by atoms with Crippen molar-refractivity contribution in [1.29, 1.82) is 5.26 Å². The number of amides is 1. The van der Waals surface area contributed by atoms with E-state index in [2.05, 4.69) is 21.4 Å². The fourth-order valence-electron chi connectivity index (χ4n) is 3.44. The molecule has 0 saturated carbocycles. The first-order valence-corrected chi connectivity index (χ1v) is 9.76. The molecule has 156 valence electrons. The van der Waals surface area contributed by atoms with E-state index in [9.17, 15) is 4.79 Å². The van der Waals surface area contributed by atoms with E-state index in [1.807, 2.05) is 32.0 Å². The number of pyridine rings is 1. The van der Waals surface area contributed by atoms with Gasteiger partial charge in [-0.2, -0.15) is 5.26 Å². The van der Waals surface area contributed by atoms with Crippen molar-refractivity contribution < 1.29 is 4.79 Å². The molecule has 1 heterocycles. The number of rotatable bonds is 6. The Morgan fingerprint density at radius 1 is 1.26 bits per heavy atom. The molecule has 1 amide bonds. The number of aryl methyl sites for hydroxylation is 2. The van der Waals surface area contributed by atoms with Gasteiger partial charge in [-0.05, 0) is 65.8 Å². The van der Waals surface area contributed by atoms with Crippen LogP contribution in [-0.2, 0) is 17.9 Å². The van der Waals surface area contributed by atoms with Crippen LogP contribution in [0.25, 0.3) is 10.8 Å². The fourth-order valence-corrected chi connectivity index (χ4v) is 3.44. The number of hydrogen-bond acceptors (Lipinski definition) is 6. The maximum Gasteiger partial charge on any atom is 0.254 e. The van der Waals surface area contributed by atoms with Crippen molar-refractivity contribution in [2.45, 2.75) is 26.9 Å². The molecule has 0 aliphatic carbocycles. The number of nitrogens with two attached hydrogens (primary N) is 2. The van der Waals surface area contributed by atoms with Crippen LogP contribution in [0.5, 0.6) is 0 Å². The molecule has 7 heteroatoms. The Labute approximate surface area is 181 Å². The minimum Gasteiger partial charge on any atom is -0.404 e. The summed E-state index contributed by atoms with van der Waals surface area (Å²) in [4.78, 5) is 21.0. The lowest BCUT2D eigenvalue weighted by Crippen LogP contribution is -2.26. The standard InChI is InChI=1S/C24H24N6O/c1-15-8-21-20(6-7-29-23(21)27)16(2)22(15)14-30-24(31)19(11-26)13-28-12-18-5-3-4-17(9-18)10-25/h3-9,11,13H,12,14,26H2,1-2H3,(H2,27,29)(H,30,31)/b19-11+,28-13?. The lowest BCUT2D eigenvalue weighted by molar-refractivity contribution is -0.117. The summed E-state index contributed by atoms with van der Waals surface area (Å²) >= 11 is 0. The van der Waals surface area contributed by atoms with Crippen LogP contribution in [0.3, 0.4) is 0 Å². The molecule has 0 aliphatic rings. The molecule has 0 saturated heterocycles. The van der Waals surface area contributed by atoms with Crippen LogP contribution in [-0.4, -0.2) is 17.1 Å². The Bertz CT molecular complexity index is 1240. The topological polar surface area (TPSA) is 130 Å². The van der Waals surface area contributed by atoms with Gasteiger partial charge in [0.2, 0.25) is 0 Å². The summed E-state index contributed by atoms with van der Waals surface area (Å²) in [5.41, 5.74) is 16.4. The molecule has 0 bridgehead atoms. The average molecular weight is 412 g/mol. The maximum atomic E-state index is 12.6. The van der Waals surface area contributed by atoms with E-state index in [1.165, 1.54) is 12.4 Å². The molecule has 7 nitrogen and oxygen atoms in total. The van der Waals surface area contributed by atoms with Crippen molar-refractivity contribution >= 4 is 28.7 Å². The summed E-state index contributed by atoms with van der Waals surface area (Å²) in [6.07, 6.45) is 4.36. The maximum absolute atomic E-state index is 12.6. The first kappa shape index (κ1) is 21.5. The van der Waals surface area contributed by atoms with Crippen LogP contribution in [0.1, 0.15) is 27.8 Å². The molecule has 0 unspecified atom stereocenters. The monoisotopic (exact) mass is 412 g/mol. The van der Waals surface area contributed by atoms with Crippen LogP contribution >= 0.6 is 0 Å². The minimum atomic E-state index is -0.315. The number of aliphatic imine (C=N–C) groups is 1. The Balaban J connectivity index is 1.70. The van der Waals surface area contributed by atoms with Gasteiger partial charge >= 0.3 is 0 Å². The van der Waals surface area contributed by atoms with Gasteiger partial charge < -0.3 is 16.8 Å². The molecule has 2 aromatic carbocycles. The van der Waals surface area contributed by atoms with Crippen LogP contribution in [0.4, 0.5) is 5.82 Å². The third-order valence-corrected chi connectivity index (χ3v) is 5.14. The minimum absolute atomic E-state index is 0.265. The van der Waals surface area contributed by atoms with Crippen molar-refractivity contribution in [2.24, 2.45) is 10.7 Å². The summed E-state index contributed by atoms with van der Waals surface area (Å²) in [5.74, 6) is 0.175. The molecular formula is C24H24N6O. The van der Waals surface area contributed by atoms with Gasteiger partial charge in [0.25, 0.3) is 5.91 Å². The number of aromatic nitrogens is 1. The molecule has 0 radical (unpaired) electrons. The largest absolute Gasteiger partial charge is 0.404 e. The molecule has 3 rings (SSSR count). The molecular weight excluding hydrogens is 388 g/mol. The molecule has 0 atom stereocenters. The Morgan fingerprint density at radius 2 is 2.06 bits per heavy atom. The van der Waals surface area contributed by atoms with E-state index >= 15 is 0 Å². The van der Waals surface area contributed by atoms with E-state index in [4.69, 9.17) is 16.7 Å². The number of benzene rings is 2. The summed E-state index contributed by atoms with van der Waals surface area (Å²) in [6, 6.07) is 13.2. The zero-order valence-electron chi connectivity index (χ0n) is 17.5. The van der Waals surface area contributed by atoms with Gasteiger partial charge in [0.05, 0.1) is 23.8 Å². The summed E-state index contributed by atoms with van der Waals surface area (Å²) < 4.78 is 0. The second-order valence-corrected chi connectivity index (χ2v) is 7.17. The van der Waals surface area contributed by atoms with Crippen LogP contribution < -0.4 is 16.8 Å². The van der Waals surface area contributed by atoms with Crippen molar-refractivity contribution in [3.63, 3.8) is 0 Å². The number of hydrogen-bond donors (Lipinski definition) is 3. The average Bonchev–Trinajstić information content (AvgIpc) is 2.77.